The number of carbonyl (C=O) groups excluding carboxylic acids is 1. The number of hydrogen-bond donors (Lipinski definition) is 3. The SMILES string of the molecule is Cc1nc2cc(-c3ccc(O)c(O)c3)nc(O[C@H](C)[C@H]3CNC(=O)C3)c2n1C(C)C. The van der Waals surface area contributed by atoms with E-state index < -0.39 is 0 Å². The molecule has 0 unspecified atom stereocenters. The molecule has 3 heterocycles. The lowest BCUT2D eigenvalue weighted by molar-refractivity contribution is -0.119. The molecule has 2 aromatic heterocycles. The van der Waals surface area contributed by atoms with Gasteiger partial charge in [0, 0.05) is 30.5 Å². The molecule has 1 saturated heterocycles. The number of pyridine rings is 1. The number of phenols is 2. The summed E-state index contributed by atoms with van der Waals surface area (Å²) in [6.45, 7) is 8.62. The lowest BCUT2D eigenvalue weighted by Gasteiger charge is -2.21. The summed E-state index contributed by atoms with van der Waals surface area (Å²) in [5, 5.41) is 22.4. The fourth-order valence-electron chi connectivity index (χ4n) is 3.98. The Morgan fingerprint density at radius 3 is 2.57 bits per heavy atom. The van der Waals surface area contributed by atoms with Crippen molar-refractivity contribution in [2.75, 3.05) is 6.54 Å². The summed E-state index contributed by atoms with van der Waals surface area (Å²) >= 11 is 0. The number of aryl methyl sites for hydroxylation is 1. The van der Waals surface area contributed by atoms with E-state index in [1.165, 1.54) is 12.1 Å². The molecule has 3 aromatic rings. The summed E-state index contributed by atoms with van der Waals surface area (Å²) in [5.41, 5.74) is 2.76. The third-order valence-electron chi connectivity index (χ3n) is 5.57. The van der Waals surface area contributed by atoms with Gasteiger partial charge in [-0.3, -0.25) is 4.79 Å². The first-order valence-electron chi connectivity index (χ1n) is 10.1. The highest BCUT2D eigenvalue weighted by molar-refractivity contribution is 5.85. The standard InChI is InChI=1S/C22H26N4O4/c1-11(2)26-13(4)24-17-9-16(14-5-6-18(27)19(28)7-14)25-22(21(17)26)30-12(3)15-8-20(29)23-10-15/h5-7,9,11-12,15,27-28H,8,10H2,1-4H3,(H,23,29)/t12-,15-/m1/s1. The van der Waals surface area contributed by atoms with E-state index in [4.69, 9.17) is 14.7 Å². The Kier molecular flexibility index (Phi) is 5.01. The van der Waals surface area contributed by atoms with Gasteiger partial charge in [-0.05, 0) is 52.0 Å². The van der Waals surface area contributed by atoms with E-state index in [2.05, 4.69) is 23.7 Å². The molecule has 1 aliphatic heterocycles. The van der Waals surface area contributed by atoms with Crippen LogP contribution >= 0.6 is 0 Å². The Labute approximate surface area is 174 Å². The van der Waals surface area contributed by atoms with Crippen LogP contribution in [0.3, 0.4) is 0 Å². The van der Waals surface area contributed by atoms with Crippen LogP contribution in [-0.2, 0) is 4.79 Å². The number of nitrogens with zero attached hydrogens (tertiary/aromatic N) is 3. The van der Waals surface area contributed by atoms with Crippen molar-refractivity contribution in [2.24, 2.45) is 5.92 Å². The monoisotopic (exact) mass is 410 g/mol. The Morgan fingerprint density at radius 2 is 1.93 bits per heavy atom. The minimum Gasteiger partial charge on any atom is -0.504 e. The number of carbonyl (C=O) groups is 1. The summed E-state index contributed by atoms with van der Waals surface area (Å²) in [4.78, 5) is 21.1. The van der Waals surface area contributed by atoms with Crippen LogP contribution in [0.5, 0.6) is 17.4 Å². The van der Waals surface area contributed by atoms with Gasteiger partial charge in [-0.2, -0.15) is 0 Å². The average Bonchev–Trinajstić information content (AvgIpc) is 3.26. The number of hydrogen-bond acceptors (Lipinski definition) is 6. The summed E-state index contributed by atoms with van der Waals surface area (Å²) in [6.07, 6.45) is 0.206. The van der Waals surface area contributed by atoms with Gasteiger partial charge in [0.25, 0.3) is 0 Å². The second-order valence-electron chi connectivity index (χ2n) is 8.10. The van der Waals surface area contributed by atoms with Crippen molar-refractivity contribution in [1.29, 1.82) is 0 Å². The van der Waals surface area contributed by atoms with Crippen LogP contribution in [0.1, 0.15) is 39.1 Å². The third kappa shape index (κ3) is 3.53. The van der Waals surface area contributed by atoms with E-state index in [9.17, 15) is 15.0 Å². The number of fused-ring (bicyclic) bond motifs is 1. The molecule has 158 valence electrons. The number of aromatic hydroxyl groups is 2. The molecule has 0 bridgehead atoms. The largest absolute Gasteiger partial charge is 0.504 e. The molecule has 8 heteroatoms. The quantitative estimate of drug-likeness (QED) is 0.557. The first kappa shape index (κ1) is 20.0. The van der Waals surface area contributed by atoms with Crippen molar-refractivity contribution in [3.05, 3.63) is 30.1 Å². The molecule has 2 atom stereocenters. The van der Waals surface area contributed by atoms with E-state index in [1.807, 2.05) is 19.9 Å². The zero-order valence-corrected chi connectivity index (χ0v) is 17.5. The van der Waals surface area contributed by atoms with Crippen LogP contribution in [0.2, 0.25) is 0 Å². The molecule has 8 nitrogen and oxygen atoms in total. The first-order valence-corrected chi connectivity index (χ1v) is 10.1. The van der Waals surface area contributed by atoms with Crippen molar-refractivity contribution < 1.29 is 19.7 Å². The predicted octanol–water partition coefficient (Wildman–Crippen LogP) is 3.30. The van der Waals surface area contributed by atoms with E-state index in [0.29, 0.717) is 30.1 Å². The van der Waals surface area contributed by atoms with Gasteiger partial charge in [0.15, 0.2) is 11.5 Å². The zero-order chi connectivity index (χ0) is 21.6. The molecule has 30 heavy (non-hydrogen) atoms. The minimum absolute atomic E-state index is 0.0324. The molecule has 4 rings (SSSR count). The fourth-order valence-corrected chi connectivity index (χ4v) is 3.98. The van der Waals surface area contributed by atoms with Gasteiger partial charge in [0.1, 0.15) is 17.4 Å². The maximum atomic E-state index is 11.6. The second-order valence-corrected chi connectivity index (χ2v) is 8.10. The number of aromatic nitrogens is 3. The highest BCUT2D eigenvalue weighted by atomic mass is 16.5. The number of ether oxygens (including phenoxy) is 1. The highest BCUT2D eigenvalue weighted by Crippen LogP contribution is 2.35. The van der Waals surface area contributed by atoms with Crippen molar-refractivity contribution >= 4 is 16.9 Å². The summed E-state index contributed by atoms with van der Waals surface area (Å²) in [5.74, 6) is 0.976. The number of phenolic OH excluding ortho intramolecular Hbond substituents is 2. The van der Waals surface area contributed by atoms with Crippen LogP contribution < -0.4 is 10.1 Å². The smallest absolute Gasteiger partial charge is 0.241 e. The molecule has 1 amide bonds. The molecule has 1 aliphatic rings. The molecular formula is C22H26N4O4. The van der Waals surface area contributed by atoms with Gasteiger partial charge in [0.2, 0.25) is 11.8 Å². The maximum absolute atomic E-state index is 11.6. The molecule has 1 aromatic carbocycles. The summed E-state index contributed by atoms with van der Waals surface area (Å²) in [6, 6.07) is 6.58. The molecule has 1 fully saturated rings. The van der Waals surface area contributed by atoms with Gasteiger partial charge < -0.3 is 24.8 Å². The van der Waals surface area contributed by atoms with Crippen LogP contribution in [0.25, 0.3) is 22.3 Å². The highest BCUT2D eigenvalue weighted by Gasteiger charge is 2.29. The summed E-state index contributed by atoms with van der Waals surface area (Å²) in [7, 11) is 0. The maximum Gasteiger partial charge on any atom is 0.241 e. The Balaban J connectivity index is 1.83. The number of rotatable bonds is 5. The fraction of sp³-hybridized carbons (Fsp3) is 0.409. The predicted molar refractivity (Wildman–Crippen MR) is 113 cm³/mol. The van der Waals surface area contributed by atoms with Crippen LogP contribution in [0.4, 0.5) is 0 Å². The molecule has 0 aliphatic carbocycles. The minimum atomic E-state index is -0.223. The number of amides is 1. The van der Waals surface area contributed by atoms with Crippen molar-refractivity contribution in [3.63, 3.8) is 0 Å². The van der Waals surface area contributed by atoms with Gasteiger partial charge in [0.05, 0.1) is 11.2 Å². The van der Waals surface area contributed by atoms with Gasteiger partial charge in [-0.25, -0.2) is 9.97 Å². The van der Waals surface area contributed by atoms with Gasteiger partial charge in [-0.15, -0.1) is 0 Å². The Bertz CT molecular complexity index is 1120. The van der Waals surface area contributed by atoms with Gasteiger partial charge >= 0.3 is 0 Å². The summed E-state index contributed by atoms with van der Waals surface area (Å²) < 4.78 is 8.39. The normalized spacial score (nSPS) is 17.5. The molecule has 0 spiro atoms. The van der Waals surface area contributed by atoms with E-state index in [-0.39, 0.29) is 35.5 Å². The Morgan fingerprint density at radius 1 is 1.17 bits per heavy atom. The second kappa shape index (κ2) is 7.51. The number of benzene rings is 1. The molecule has 3 N–H and O–H groups in total. The Hall–Kier alpha value is -3.29. The topological polar surface area (TPSA) is 110 Å². The average molecular weight is 410 g/mol. The zero-order valence-electron chi connectivity index (χ0n) is 17.5. The van der Waals surface area contributed by atoms with Crippen molar-refractivity contribution in [2.45, 2.75) is 46.3 Å². The van der Waals surface area contributed by atoms with E-state index >= 15 is 0 Å². The molecule has 0 radical (unpaired) electrons. The third-order valence-corrected chi connectivity index (χ3v) is 5.57. The molecule has 0 saturated carbocycles. The van der Waals surface area contributed by atoms with Crippen LogP contribution in [0, 0.1) is 12.8 Å². The molecular weight excluding hydrogens is 384 g/mol. The van der Waals surface area contributed by atoms with Crippen LogP contribution in [-0.4, -0.2) is 43.3 Å². The van der Waals surface area contributed by atoms with Crippen LogP contribution in [0.15, 0.2) is 24.3 Å². The number of imidazole rings is 1. The van der Waals surface area contributed by atoms with Gasteiger partial charge in [-0.1, -0.05) is 0 Å². The van der Waals surface area contributed by atoms with Crippen molar-refractivity contribution in [1.82, 2.24) is 19.9 Å². The van der Waals surface area contributed by atoms with E-state index in [0.717, 1.165) is 16.9 Å². The van der Waals surface area contributed by atoms with Crippen molar-refractivity contribution in [3.8, 4) is 28.6 Å². The lowest BCUT2D eigenvalue weighted by Crippen LogP contribution is -2.26. The number of nitrogens with one attached hydrogen (secondary N) is 1. The first-order chi connectivity index (χ1) is 14.2. The lowest BCUT2D eigenvalue weighted by atomic mass is 10.0. The van der Waals surface area contributed by atoms with E-state index in [1.54, 1.807) is 6.07 Å².